The molecule has 1 amide bonds. The van der Waals surface area contributed by atoms with Crippen LogP contribution in [-0.4, -0.2) is 140 Å². The number of aliphatic hydroxyl groups excluding tert-OH is 8. The molecule has 0 aliphatic carbocycles. The van der Waals surface area contributed by atoms with E-state index >= 15 is 0 Å². The van der Waals surface area contributed by atoms with Crippen LogP contribution in [0, 0.1) is 0 Å². The van der Waals surface area contributed by atoms with Crippen LogP contribution in [0.1, 0.15) is 129 Å². The van der Waals surface area contributed by atoms with E-state index < -0.39 is 86.8 Å². The Morgan fingerprint density at radius 1 is 0.648 bits per heavy atom. The minimum atomic E-state index is -1.78. The molecule has 9 N–H and O–H groups in total. The summed E-state index contributed by atoms with van der Waals surface area (Å²) in [6.45, 7) is 2.65. The van der Waals surface area contributed by atoms with E-state index in [0.29, 0.717) is 6.42 Å². The third-order valence-corrected chi connectivity index (χ3v) is 10.1. The molecule has 2 rings (SSSR count). The molecule has 14 heteroatoms. The molecule has 0 aromatic heterocycles. The van der Waals surface area contributed by atoms with Crippen molar-refractivity contribution in [1.29, 1.82) is 0 Å². The van der Waals surface area contributed by atoms with Crippen LogP contribution in [0.25, 0.3) is 0 Å². The molecule has 0 radical (unpaired) electrons. The lowest BCUT2D eigenvalue weighted by Crippen LogP contribution is -2.65. The number of rotatable bonds is 29. The zero-order chi connectivity index (χ0) is 39.7. The Kier molecular flexibility index (Phi) is 25.9. The average molecular weight is 776 g/mol. The van der Waals surface area contributed by atoms with Gasteiger partial charge in [0.2, 0.25) is 5.91 Å². The van der Waals surface area contributed by atoms with Crippen LogP contribution in [0.2, 0.25) is 0 Å². The van der Waals surface area contributed by atoms with Gasteiger partial charge in [-0.3, -0.25) is 4.79 Å². The quantitative estimate of drug-likeness (QED) is 0.0394. The van der Waals surface area contributed by atoms with Crippen molar-refractivity contribution in [2.24, 2.45) is 0 Å². The van der Waals surface area contributed by atoms with Gasteiger partial charge >= 0.3 is 0 Å². The Labute approximate surface area is 322 Å². The standard InChI is InChI=1S/C40H73NO13/c1-3-5-7-9-11-12-13-14-15-16-18-20-22-24-32(45)41-28(29(44)23-21-19-17-10-8-6-4-2)27-51-39-37(50)35(48)38(31(26-43)53-39)54-40-36(49)34(47)33(46)30(25-42)52-40/h12-13,21,23,28-31,33-40,42-44,46-50H,3-11,14-20,22,24-27H2,1-2H3,(H,41,45)/b13-12-,23-21+. The zero-order valence-electron chi connectivity index (χ0n) is 32.7. The summed E-state index contributed by atoms with van der Waals surface area (Å²) in [5, 5.41) is 85.9. The van der Waals surface area contributed by atoms with E-state index in [0.717, 1.165) is 70.6 Å². The molecule has 0 saturated carbocycles. The first-order valence-electron chi connectivity index (χ1n) is 20.6. The van der Waals surface area contributed by atoms with Crippen LogP contribution in [0.3, 0.4) is 0 Å². The lowest BCUT2D eigenvalue weighted by Gasteiger charge is -2.46. The fourth-order valence-electron chi connectivity index (χ4n) is 6.63. The molecular weight excluding hydrogens is 702 g/mol. The second-order valence-corrected chi connectivity index (χ2v) is 14.8. The Morgan fingerprint density at radius 3 is 1.78 bits per heavy atom. The van der Waals surface area contributed by atoms with Gasteiger partial charge in [0.15, 0.2) is 12.6 Å². The van der Waals surface area contributed by atoms with E-state index in [4.69, 9.17) is 18.9 Å². The number of carbonyl (C=O) groups excluding carboxylic acids is 1. The molecule has 316 valence electrons. The maximum absolute atomic E-state index is 13.0. The van der Waals surface area contributed by atoms with Crippen molar-refractivity contribution in [3.63, 3.8) is 0 Å². The average Bonchev–Trinajstić information content (AvgIpc) is 3.17. The summed E-state index contributed by atoms with van der Waals surface area (Å²) in [6, 6.07) is -0.911. The Bertz CT molecular complexity index is 1010. The van der Waals surface area contributed by atoms with Gasteiger partial charge in [-0.25, -0.2) is 0 Å². The predicted molar refractivity (Wildman–Crippen MR) is 203 cm³/mol. The third kappa shape index (κ3) is 17.7. The normalized spacial score (nSPS) is 30.3. The number of hydrogen-bond acceptors (Lipinski definition) is 13. The molecule has 2 heterocycles. The summed E-state index contributed by atoms with van der Waals surface area (Å²) < 4.78 is 22.5. The topological polar surface area (TPSA) is 228 Å². The molecular formula is C40H73NO13. The first-order valence-corrected chi connectivity index (χ1v) is 20.6. The van der Waals surface area contributed by atoms with Crippen molar-refractivity contribution < 1.29 is 64.6 Å². The number of hydrogen-bond donors (Lipinski definition) is 9. The number of allylic oxidation sites excluding steroid dienone is 3. The molecule has 0 aromatic carbocycles. The van der Waals surface area contributed by atoms with Crippen LogP contribution in [0.15, 0.2) is 24.3 Å². The fourth-order valence-corrected chi connectivity index (χ4v) is 6.63. The Balaban J connectivity index is 1.92. The predicted octanol–water partition coefficient (Wildman–Crippen LogP) is 2.65. The Morgan fingerprint density at radius 2 is 1.17 bits per heavy atom. The highest BCUT2D eigenvalue weighted by atomic mass is 16.7. The van der Waals surface area contributed by atoms with Gasteiger partial charge in [-0.05, 0) is 44.9 Å². The van der Waals surface area contributed by atoms with E-state index in [-0.39, 0.29) is 18.9 Å². The van der Waals surface area contributed by atoms with Gasteiger partial charge in [0, 0.05) is 6.42 Å². The van der Waals surface area contributed by atoms with Crippen molar-refractivity contribution in [3.8, 4) is 0 Å². The number of amides is 1. The van der Waals surface area contributed by atoms with Crippen molar-refractivity contribution in [2.75, 3.05) is 19.8 Å². The van der Waals surface area contributed by atoms with E-state index in [1.165, 1.54) is 32.1 Å². The molecule has 12 atom stereocenters. The first kappa shape index (κ1) is 48.6. The smallest absolute Gasteiger partial charge is 0.220 e. The second kappa shape index (κ2) is 28.8. The minimum Gasteiger partial charge on any atom is -0.394 e. The maximum atomic E-state index is 13.0. The van der Waals surface area contributed by atoms with Gasteiger partial charge in [0.25, 0.3) is 0 Å². The lowest BCUT2D eigenvalue weighted by molar-refractivity contribution is -0.359. The maximum Gasteiger partial charge on any atom is 0.220 e. The summed E-state index contributed by atoms with van der Waals surface area (Å²) in [7, 11) is 0. The fraction of sp³-hybridized carbons (Fsp3) is 0.875. The number of carbonyl (C=O) groups is 1. The number of nitrogens with one attached hydrogen (secondary N) is 1. The zero-order valence-corrected chi connectivity index (χ0v) is 32.7. The van der Waals surface area contributed by atoms with Crippen molar-refractivity contribution in [1.82, 2.24) is 5.32 Å². The summed E-state index contributed by atoms with van der Waals surface area (Å²) in [5.74, 6) is -0.256. The second-order valence-electron chi connectivity index (χ2n) is 14.8. The molecule has 12 unspecified atom stereocenters. The SMILES string of the molecule is CCCCCC/C=C\CCCCCCCC(=O)NC(COC1OC(CO)C(OC2OC(CO)C(O)C(O)C2O)C(O)C1O)C(O)/C=C/CCCCCCC. The minimum absolute atomic E-state index is 0.256. The summed E-state index contributed by atoms with van der Waals surface area (Å²) in [5.41, 5.74) is 0. The molecule has 0 spiro atoms. The van der Waals surface area contributed by atoms with Crippen LogP contribution >= 0.6 is 0 Å². The summed E-state index contributed by atoms with van der Waals surface area (Å²) in [4.78, 5) is 13.0. The molecule has 2 aliphatic rings. The van der Waals surface area contributed by atoms with Gasteiger partial charge < -0.3 is 65.1 Å². The van der Waals surface area contributed by atoms with E-state index in [9.17, 15) is 45.6 Å². The van der Waals surface area contributed by atoms with Gasteiger partial charge in [0.05, 0.1) is 32.0 Å². The van der Waals surface area contributed by atoms with Crippen molar-refractivity contribution in [3.05, 3.63) is 24.3 Å². The highest BCUT2D eigenvalue weighted by Gasteiger charge is 2.50. The first-order chi connectivity index (χ1) is 26.1. The van der Waals surface area contributed by atoms with Gasteiger partial charge in [-0.2, -0.15) is 0 Å². The van der Waals surface area contributed by atoms with E-state index in [2.05, 4.69) is 31.3 Å². The third-order valence-electron chi connectivity index (χ3n) is 10.1. The van der Waals surface area contributed by atoms with Crippen LogP contribution in [-0.2, 0) is 23.7 Å². The monoisotopic (exact) mass is 776 g/mol. The van der Waals surface area contributed by atoms with Crippen LogP contribution < -0.4 is 5.32 Å². The summed E-state index contributed by atoms with van der Waals surface area (Å²) in [6.07, 6.45) is 9.77. The number of aliphatic hydroxyl groups is 8. The van der Waals surface area contributed by atoms with Crippen molar-refractivity contribution >= 4 is 5.91 Å². The largest absolute Gasteiger partial charge is 0.394 e. The highest BCUT2D eigenvalue weighted by Crippen LogP contribution is 2.29. The molecule has 14 nitrogen and oxygen atoms in total. The van der Waals surface area contributed by atoms with Gasteiger partial charge in [0.1, 0.15) is 48.8 Å². The van der Waals surface area contributed by atoms with Crippen molar-refractivity contribution in [2.45, 2.75) is 203 Å². The molecule has 2 aliphatic heterocycles. The van der Waals surface area contributed by atoms with Gasteiger partial charge in [-0.1, -0.05) is 102 Å². The molecule has 0 bridgehead atoms. The van der Waals surface area contributed by atoms with Gasteiger partial charge in [-0.15, -0.1) is 0 Å². The number of unbranched alkanes of at least 4 members (excludes halogenated alkanes) is 14. The molecule has 2 saturated heterocycles. The number of ether oxygens (including phenoxy) is 4. The molecule has 54 heavy (non-hydrogen) atoms. The molecule has 2 fully saturated rings. The van der Waals surface area contributed by atoms with E-state index in [1.54, 1.807) is 6.08 Å². The summed E-state index contributed by atoms with van der Waals surface area (Å²) >= 11 is 0. The van der Waals surface area contributed by atoms with Crippen LogP contribution in [0.5, 0.6) is 0 Å². The van der Waals surface area contributed by atoms with E-state index in [1.807, 2.05) is 6.08 Å². The lowest BCUT2D eigenvalue weighted by atomic mass is 9.97. The molecule has 0 aromatic rings. The Hall–Kier alpha value is -1.53. The highest BCUT2D eigenvalue weighted by molar-refractivity contribution is 5.76. The van der Waals surface area contributed by atoms with Crippen LogP contribution in [0.4, 0.5) is 0 Å².